The first-order valence-corrected chi connectivity index (χ1v) is 5.99. The highest BCUT2D eigenvalue weighted by Crippen LogP contribution is 2.17. The summed E-state index contributed by atoms with van der Waals surface area (Å²) in [5, 5.41) is 21.4. The van der Waals surface area contributed by atoms with Crippen LogP contribution in [0.5, 0.6) is 0 Å². The van der Waals surface area contributed by atoms with Gasteiger partial charge in [-0.15, -0.1) is 0 Å². The molecule has 0 aliphatic heterocycles. The van der Waals surface area contributed by atoms with Crippen LogP contribution in [0.4, 0.5) is 8.78 Å². The third-order valence-corrected chi connectivity index (χ3v) is 2.77. The molecule has 0 spiro atoms. The van der Waals surface area contributed by atoms with E-state index in [2.05, 4.69) is 5.32 Å². The fourth-order valence-electron chi connectivity index (χ4n) is 1.67. The molecule has 1 aromatic rings. The van der Waals surface area contributed by atoms with E-state index >= 15 is 0 Å². The molecule has 0 heterocycles. The zero-order valence-corrected chi connectivity index (χ0v) is 10.4. The van der Waals surface area contributed by atoms with Gasteiger partial charge in [-0.05, 0) is 37.1 Å². The highest BCUT2D eigenvalue weighted by Gasteiger charge is 2.13. The molecule has 0 aromatic heterocycles. The van der Waals surface area contributed by atoms with E-state index in [-0.39, 0.29) is 24.6 Å². The van der Waals surface area contributed by atoms with Crippen LogP contribution < -0.4 is 5.32 Å². The molecule has 18 heavy (non-hydrogen) atoms. The predicted molar refractivity (Wildman–Crippen MR) is 65.1 cm³/mol. The van der Waals surface area contributed by atoms with Crippen molar-refractivity contribution in [2.45, 2.75) is 19.4 Å². The van der Waals surface area contributed by atoms with Crippen molar-refractivity contribution in [1.29, 1.82) is 0 Å². The van der Waals surface area contributed by atoms with Crippen LogP contribution in [-0.4, -0.2) is 29.9 Å². The minimum atomic E-state index is -1.08. The Hall–Kier alpha value is -1.04. The van der Waals surface area contributed by atoms with E-state index in [1.54, 1.807) is 0 Å². The van der Waals surface area contributed by atoms with E-state index in [9.17, 15) is 13.9 Å². The smallest absolute Gasteiger partial charge is 0.129 e. The summed E-state index contributed by atoms with van der Waals surface area (Å²) in [6.07, 6.45) is -0.417. The Labute approximate surface area is 105 Å². The van der Waals surface area contributed by atoms with Gasteiger partial charge in [0, 0.05) is 18.7 Å². The highest BCUT2D eigenvalue weighted by molar-refractivity contribution is 5.21. The molecule has 2 atom stereocenters. The first kappa shape index (κ1) is 15.0. The van der Waals surface area contributed by atoms with Crippen molar-refractivity contribution in [1.82, 2.24) is 5.32 Å². The topological polar surface area (TPSA) is 52.5 Å². The Morgan fingerprint density at radius 3 is 2.67 bits per heavy atom. The van der Waals surface area contributed by atoms with E-state index in [0.717, 1.165) is 18.2 Å². The first-order chi connectivity index (χ1) is 8.54. The second kappa shape index (κ2) is 7.41. The molecule has 102 valence electrons. The van der Waals surface area contributed by atoms with Crippen molar-refractivity contribution < 1.29 is 19.0 Å². The van der Waals surface area contributed by atoms with Crippen LogP contribution in [0.3, 0.4) is 0 Å². The highest BCUT2D eigenvalue weighted by atomic mass is 19.1. The van der Waals surface area contributed by atoms with Gasteiger partial charge >= 0.3 is 0 Å². The average Bonchev–Trinajstić information content (AvgIpc) is 2.32. The van der Waals surface area contributed by atoms with Gasteiger partial charge in [0.1, 0.15) is 11.6 Å². The molecule has 0 fully saturated rings. The molecule has 3 nitrogen and oxygen atoms in total. The summed E-state index contributed by atoms with van der Waals surface area (Å²) in [5.41, 5.74) is -0.0442. The number of benzene rings is 1. The molecule has 1 aromatic carbocycles. The van der Waals surface area contributed by atoms with Crippen molar-refractivity contribution in [2.75, 3.05) is 19.7 Å². The van der Waals surface area contributed by atoms with Crippen LogP contribution in [0.2, 0.25) is 0 Å². The van der Waals surface area contributed by atoms with E-state index < -0.39 is 17.7 Å². The van der Waals surface area contributed by atoms with E-state index in [4.69, 9.17) is 5.11 Å². The molecule has 0 saturated carbocycles. The van der Waals surface area contributed by atoms with Gasteiger partial charge in [0.05, 0.1) is 6.10 Å². The fraction of sp³-hybridized carbons (Fsp3) is 0.538. The third kappa shape index (κ3) is 4.68. The van der Waals surface area contributed by atoms with Gasteiger partial charge < -0.3 is 15.5 Å². The summed E-state index contributed by atoms with van der Waals surface area (Å²) in [6, 6.07) is 3.02. The second-order valence-electron chi connectivity index (χ2n) is 4.46. The van der Waals surface area contributed by atoms with Crippen LogP contribution in [0.15, 0.2) is 18.2 Å². The molecule has 0 amide bonds. The van der Waals surface area contributed by atoms with E-state index in [0.29, 0.717) is 13.0 Å². The number of nitrogens with one attached hydrogen (secondary N) is 1. The zero-order valence-electron chi connectivity index (χ0n) is 10.4. The fourth-order valence-corrected chi connectivity index (χ4v) is 1.67. The van der Waals surface area contributed by atoms with Gasteiger partial charge in [-0.25, -0.2) is 8.78 Å². The van der Waals surface area contributed by atoms with E-state index in [1.807, 2.05) is 6.92 Å². The van der Waals surface area contributed by atoms with Gasteiger partial charge in [0.2, 0.25) is 0 Å². The Bertz CT molecular complexity index is 374. The monoisotopic (exact) mass is 259 g/mol. The molecule has 0 aliphatic rings. The summed E-state index contributed by atoms with van der Waals surface area (Å²) in [5.74, 6) is -0.923. The van der Waals surface area contributed by atoms with Crippen LogP contribution in [0.1, 0.15) is 25.0 Å². The van der Waals surface area contributed by atoms with Gasteiger partial charge in [-0.1, -0.05) is 6.92 Å². The Balaban J connectivity index is 2.45. The van der Waals surface area contributed by atoms with Crippen LogP contribution >= 0.6 is 0 Å². The van der Waals surface area contributed by atoms with Crippen molar-refractivity contribution in [3.05, 3.63) is 35.4 Å². The largest absolute Gasteiger partial charge is 0.396 e. The van der Waals surface area contributed by atoms with Crippen LogP contribution in [0, 0.1) is 17.6 Å². The number of hydrogen-bond donors (Lipinski definition) is 3. The maximum absolute atomic E-state index is 13.3. The predicted octanol–water partition coefficient (Wildman–Crippen LogP) is 1.61. The number of aliphatic hydroxyl groups is 2. The van der Waals surface area contributed by atoms with E-state index in [1.165, 1.54) is 0 Å². The molecule has 3 N–H and O–H groups in total. The lowest BCUT2D eigenvalue weighted by molar-refractivity contribution is 0.166. The lowest BCUT2D eigenvalue weighted by Gasteiger charge is -2.15. The van der Waals surface area contributed by atoms with Crippen LogP contribution in [-0.2, 0) is 0 Å². The molecule has 2 unspecified atom stereocenters. The SMILES string of the molecule is CC(CCO)CNCC(O)c1cc(F)ccc1F. The molecule has 0 aliphatic carbocycles. The molecule has 5 heteroatoms. The van der Waals surface area contributed by atoms with Gasteiger partial charge in [0.25, 0.3) is 0 Å². The molecule has 0 saturated heterocycles. The van der Waals surface area contributed by atoms with Gasteiger partial charge in [-0.3, -0.25) is 0 Å². The summed E-state index contributed by atoms with van der Waals surface area (Å²) < 4.78 is 26.3. The Morgan fingerprint density at radius 2 is 2.00 bits per heavy atom. The summed E-state index contributed by atoms with van der Waals surface area (Å²) in [6.45, 7) is 2.83. The number of aliphatic hydroxyl groups excluding tert-OH is 2. The van der Waals surface area contributed by atoms with Crippen molar-refractivity contribution in [2.24, 2.45) is 5.92 Å². The summed E-state index contributed by atoms with van der Waals surface area (Å²) in [4.78, 5) is 0. The standard InChI is InChI=1S/C13H19F2NO2/c1-9(4-5-17)7-16-8-13(18)11-6-10(14)2-3-12(11)15/h2-3,6,9,13,16-18H,4-5,7-8H2,1H3. The lowest BCUT2D eigenvalue weighted by Crippen LogP contribution is -2.27. The Morgan fingerprint density at radius 1 is 1.28 bits per heavy atom. The average molecular weight is 259 g/mol. The van der Waals surface area contributed by atoms with Crippen molar-refractivity contribution in [3.63, 3.8) is 0 Å². The summed E-state index contributed by atoms with van der Waals surface area (Å²) in [7, 11) is 0. The quantitative estimate of drug-likeness (QED) is 0.697. The van der Waals surface area contributed by atoms with Crippen molar-refractivity contribution in [3.8, 4) is 0 Å². The normalized spacial score (nSPS) is 14.5. The second-order valence-corrected chi connectivity index (χ2v) is 4.46. The zero-order chi connectivity index (χ0) is 13.5. The number of hydrogen-bond acceptors (Lipinski definition) is 3. The van der Waals surface area contributed by atoms with Gasteiger partial charge in [0.15, 0.2) is 0 Å². The minimum absolute atomic E-state index is 0.0442. The summed E-state index contributed by atoms with van der Waals surface area (Å²) >= 11 is 0. The van der Waals surface area contributed by atoms with Crippen molar-refractivity contribution >= 4 is 0 Å². The first-order valence-electron chi connectivity index (χ1n) is 5.99. The molecule has 1 rings (SSSR count). The van der Waals surface area contributed by atoms with Gasteiger partial charge in [-0.2, -0.15) is 0 Å². The Kier molecular flexibility index (Phi) is 6.18. The maximum Gasteiger partial charge on any atom is 0.129 e. The molecule has 0 radical (unpaired) electrons. The molecular weight excluding hydrogens is 240 g/mol. The number of rotatable bonds is 7. The molecular formula is C13H19F2NO2. The molecule has 0 bridgehead atoms. The third-order valence-electron chi connectivity index (χ3n) is 2.77. The number of halogens is 2. The van der Waals surface area contributed by atoms with Crippen LogP contribution in [0.25, 0.3) is 0 Å². The lowest BCUT2D eigenvalue weighted by atomic mass is 10.1. The minimum Gasteiger partial charge on any atom is -0.396 e. The maximum atomic E-state index is 13.3.